The number of aromatic nitrogens is 2. The van der Waals surface area contributed by atoms with Crippen LogP contribution in [0.4, 0.5) is 24.9 Å². The SMILES string of the molecule is Cc1cnc(NN)nc1N1CCC(C(F)(F)F)CC1. The van der Waals surface area contributed by atoms with Gasteiger partial charge >= 0.3 is 6.18 Å². The highest BCUT2D eigenvalue weighted by Gasteiger charge is 2.41. The van der Waals surface area contributed by atoms with Crippen LogP contribution in [0.3, 0.4) is 0 Å². The van der Waals surface area contributed by atoms with Crippen molar-refractivity contribution in [1.29, 1.82) is 0 Å². The summed E-state index contributed by atoms with van der Waals surface area (Å²) < 4.78 is 37.8. The van der Waals surface area contributed by atoms with E-state index in [1.165, 1.54) is 0 Å². The minimum Gasteiger partial charge on any atom is -0.356 e. The highest BCUT2D eigenvalue weighted by molar-refractivity contribution is 5.49. The number of rotatable bonds is 2. The van der Waals surface area contributed by atoms with Crippen molar-refractivity contribution in [3.63, 3.8) is 0 Å². The zero-order chi connectivity index (χ0) is 14.0. The fourth-order valence-corrected chi connectivity index (χ4v) is 2.24. The molecule has 0 amide bonds. The van der Waals surface area contributed by atoms with Gasteiger partial charge < -0.3 is 4.90 Å². The van der Waals surface area contributed by atoms with Crippen molar-refractivity contribution < 1.29 is 13.2 Å². The standard InChI is InChI=1S/C11H16F3N5/c1-7-6-16-10(18-15)17-9(7)19-4-2-8(3-5-19)11(12,13)14/h6,8H,2-5,15H2,1H3,(H,16,17,18). The Morgan fingerprint density at radius 2 is 2.00 bits per heavy atom. The molecule has 106 valence electrons. The van der Waals surface area contributed by atoms with Gasteiger partial charge in [-0.15, -0.1) is 0 Å². The molecule has 19 heavy (non-hydrogen) atoms. The molecule has 1 aliphatic rings. The van der Waals surface area contributed by atoms with E-state index in [1.807, 2.05) is 11.8 Å². The summed E-state index contributed by atoms with van der Waals surface area (Å²) in [6, 6.07) is 0. The first-order valence-electron chi connectivity index (χ1n) is 6.03. The van der Waals surface area contributed by atoms with Gasteiger partial charge in [-0.3, -0.25) is 5.43 Å². The summed E-state index contributed by atoms with van der Waals surface area (Å²) in [6.07, 6.45) is -2.30. The minimum absolute atomic E-state index is 0.0956. The second kappa shape index (κ2) is 5.20. The molecule has 0 radical (unpaired) electrons. The summed E-state index contributed by atoms with van der Waals surface area (Å²) in [6.45, 7) is 2.50. The molecule has 3 N–H and O–H groups in total. The van der Waals surface area contributed by atoms with E-state index in [0.29, 0.717) is 18.9 Å². The van der Waals surface area contributed by atoms with Crippen LogP contribution in [0.25, 0.3) is 0 Å². The van der Waals surface area contributed by atoms with Crippen LogP contribution in [0.15, 0.2) is 6.20 Å². The van der Waals surface area contributed by atoms with Gasteiger partial charge in [0, 0.05) is 24.8 Å². The minimum atomic E-state index is -4.10. The maximum absolute atomic E-state index is 12.6. The summed E-state index contributed by atoms with van der Waals surface area (Å²) in [5.41, 5.74) is 3.16. The van der Waals surface area contributed by atoms with Crippen LogP contribution < -0.4 is 16.2 Å². The van der Waals surface area contributed by atoms with Gasteiger partial charge in [-0.2, -0.15) is 18.2 Å². The molecule has 5 nitrogen and oxygen atoms in total. The molecule has 8 heteroatoms. The molecule has 1 saturated heterocycles. The van der Waals surface area contributed by atoms with Crippen molar-refractivity contribution in [1.82, 2.24) is 9.97 Å². The average molecular weight is 275 g/mol. The molecular weight excluding hydrogens is 259 g/mol. The molecule has 1 fully saturated rings. The maximum Gasteiger partial charge on any atom is 0.391 e. The number of alkyl halides is 3. The number of anilines is 2. The Kier molecular flexibility index (Phi) is 3.79. The first-order chi connectivity index (χ1) is 8.91. The predicted molar refractivity (Wildman–Crippen MR) is 65.6 cm³/mol. The van der Waals surface area contributed by atoms with E-state index >= 15 is 0 Å². The van der Waals surface area contributed by atoms with Crippen molar-refractivity contribution in [2.24, 2.45) is 11.8 Å². The van der Waals surface area contributed by atoms with Crippen LogP contribution in [-0.2, 0) is 0 Å². The van der Waals surface area contributed by atoms with Gasteiger partial charge in [-0.1, -0.05) is 0 Å². The Hall–Kier alpha value is -1.57. The second-order valence-electron chi connectivity index (χ2n) is 4.65. The molecule has 1 aromatic heterocycles. The lowest BCUT2D eigenvalue weighted by Gasteiger charge is -2.34. The normalized spacial score (nSPS) is 17.6. The zero-order valence-electron chi connectivity index (χ0n) is 10.5. The summed E-state index contributed by atoms with van der Waals surface area (Å²) in [5, 5.41) is 0. The van der Waals surface area contributed by atoms with Gasteiger partial charge in [-0.25, -0.2) is 10.8 Å². The van der Waals surface area contributed by atoms with Crippen LogP contribution in [0.2, 0.25) is 0 Å². The van der Waals surface area contributed by atoms with Gasteiger partial charge in [0.05, 0.1) is 5.92 Å². The van der Waals surface area contributed by atoms with E-state index in [1.54, 1.807) is 6.20 Å². The Morgan fingerprint density at radius 3 is 2.53 bits per heavy atom. The van der Waals surface area contributed by atoms with Crippen LogP contribution in [0.1, 0.15) is 18.4 Å². The topological polar surface area (TPSA) is 67.1 Å². The van der Waals surface area contributed by atoms with E-state index in [4.69, 9.17) is 5.84 Å². The Morgan fingerprint density at radius 1 is 1.37 bits per heavy atom. The number of nitrogens with two attached hydrogens (primary N) is 1. The largest absolute Gasteiger partial charge is 0.391 e. The number of halogens is 3. The number of hydrogen-bond donors (Lipinski definition) is 2. The van der Waals surface area contributed by atoms with Gasteiger partial charge in [-0.05, 0) is 19.8 Å². The monoisotopic (exact) mass is 275 g/mol. The molecule has 0 aromatic carbocycles. The molecule has 0 bridgehead atoms. The van der Waals surface area contributed by atoms with Crippen molar-refractivity contribution in [3.05, 3.63) is 11.8 Å². The van der Waals surface area contributed by atoms with Crippen LogP contribution >= 0.6 is 0 Å². The molecule has 1 aromatic rings. The van der Waals surface area contributed by atoms with E-state index in [0.717, 1.165) is 5.56 Å². The molecule has 2 rings (SSSR count). The molecule has 0 saturated carbocycles. The molecule has 0 spiro atoms. The quantitative estimate of drug-likeness (QED) is 0.637. The van der Waals surface area contributed by atoms with Gasteiger partial charge in [0.15, 0.2) is 0 Å². The van der Waals surface area contributed by atoms with E-state index in [9.17, 15) is 13.2 Å². The summed E-state index contributed by atoms with van der Waals surface area (Å²) in [5.74, 6) is 4.93. The lowest BCUT2D eigenvalue weighted by Crippen LogP contribution is -2.39. The number of aryl methyl sites for hydroxylation is 1. The molecule has 0 unspecified atom stereocenters. The Bertz CT molecular complexity index is 440. The van der Waals surface area contributed by atoms with Crippen molar-refractivity contribution >= 4 is 11.8 Å². The maximum atomic E-state index is 12.6. The predicted octanol–water partition coefficient (Wildman–Crippen LogP) is 1.85. The number of nitrogens with one attached hydrogen (secondary N) is 1. The van der Waals surface area contributed by atoms with Crippen LogP contribution in [0.5, 0.6) is 0 Å². The van der Waals surface area contributed by atoms with Gasteiger partial charge in [0.1, 0.15) is 5.82 Å². The summed E-state index contributed by atoms with van der Waals surface area (Å²) >= 11 is 0. The first-order valence-corrected chi connectivity index (χ1v) is 6.03. The summed E-state index contributed by atoms with van der Waals surface area (Å²) in [7, 11) is 0. The molecule has 1 aliphatic heterocycles. The van der Waals surface area contributed by atoms with Gasteiger partial charge in [0.25, 0.3) is 0 Å². The Labute approximate surface area is 109 Å². The van der Waals surface area contributed by atoms with Gasteiger partial charge in [0.2, 0.25) is 5.95 Å². The van der Waals surface area contributed by atoms with Crippen molar-refractivity contribution in [2.45, 2.75) is 25.9 Å². The second-order valence-corrected chi connectivity index (χ2v) is 4.65. The van der Waals surface area contributed by atoms with Crippen LogP contribution in [0, 0.1) is 12.8 Å². The molecule has 0 aliphatic carbocycles. The van der Waals surface area contributed by atoms with Crippen molar-refractivity contribution in [3.8, 4) is 0 Å². The first kappa shape index (κ1) is 13.9. The highest BCUT2D eigenvalue weighted by atomic mass is 19.4. The number of nitrogen functional groups attached to an aromatic ring is 1. The lowest BCUT2D eigenvalue weighted by atomic mass is 9.96. The average Bonchev–Trinajstić information content (AvgIpc) is 2.38. The third-order valence-corrected chi connectivity index (χ3v) is 3.33. The Balaban J connectivity index is 2.09. The molecule has 2 heterocycles. The van der Waals surface area contributed by atoms with Crippen LogP contribution in [-0.4, -0.2) is 29.2 Å². The third-order valence-electron chi connectivity index (χ3n) is 3.33. The highest BCUT2D eigenvalue weighted by Crippen LogP contribution is 2.35. The number of piperidine rings is 1. The molecular formula is C11H16F3N5. The van der Waals surface area contributed by atoms with E-state index < -0.39 is 12.1 Å². The summed E-state index contributed by atoms with van der Waals surface area (Å²) in [4.78, 5) is 10.00. The smallest absolute Gasteiger partial charge is 0.356 e. The fraction of sp³-hybridized carbons (Fsp3) is 0.636. The lowest BCUT2D eigenvalue weighted by molar-refractivity contribution is -0.179. The number of hydrogen-bond acceptors (Lipinski definition) is 5. The fourth-order valence-electron chi connectivity index (χ4n) is 2.24. The van der Waals surface area contributed by atoms with Crippen molar-refractivity contribution in [2.75, 3.05) is 23.4 Å². The van der Waals surface area contributed by atoms with E-state index in [-0.39, 0.29) is 18.8 Å². The number of nitrogens with zero attached hydrogens (tertiary/aromatic N) is 3. The molecule has 0 atom stereocenters. The number of hydrazine groups is 1. The third kappa shape index (κ3) is 3.06. The van der Waals surface area contributed by atoms with E-state index in [2.05, 4.69) is 15.4 Å². The zero-order valence-corrected chi connectivity index (χ0v) is 10.5.